The molecule has 0 bridgehead atoms. The molecule has 0 unspecified atom stereocenters. The predicted molar refractivity (Wildman–Crippen MR) is 95.3 cm³/mol. The number of hydrogen-bond donors (Lipinski definition) is 0. The molecule has 130 valence electrons. The zero-order chi connectivity index (χ0) is 17.2. The molecule has 2 amide bonds. The number of rotatable bonds is 3. The average molecular weight is 348 g/mol. The molecular weight excluding hydrogens is 324 g/mol. The molecule has 3 rings (SSSR count). The molecule has 5 nitrogen and oxygen atoms in total. The average Bonchev–Trinajstić information content (AvgIpc) is 3.04. The van der Waals surface area contributed by atoms with Gasteiger partial charge in [-0.2, -0.15) is 0 Å². The van der Waals surface area contributed by atoms with Crippen LogP contribution in [0.2, 0.25) is 0 Å². The minimum Gasteiger partial charge on any atom is -0.497 e. The van der Waals surface area contributed by atoms with Crippen molar-refractivity contribution in [2.45, 2.75) is 31.1 Å². The third-order valence-corrected chi connectivity index (χ3v) is 6.51. The smallest absolute Gasteiger partial charge is 0.255 e. The number of nitrogens with zero attached hydrogens (tertiary/aromatic N) is 2. The summed E-state index contributed by atoms with van der Waals surface area (Å²) in [6.07, 6.45) is 2.26. The van der Waals surface area contributed by atoms with Gasteiger partial charge in [0.1, 0.15) is 5.75 Å². The molecule has 2 fully saturated rings. The summed E-state index contributed by atoms with van der Waals surface area (Å²) in [6.45, 7) is 4.16. The quantitative estimate of drug-likeness (QED) is 0.842. The number of piperidine rings is 1. The van der Waals surface area contributed by atoms with E-state index < -0.39 is 0 Å². The van der Waals surface area contributed by atoms with Crippen LogP contribution in [-0.2, 0) is 4.79 Å². The minimum absolute atomic E-state index is 0.0814. The Kier molecular flexibility index (Phi) is 5.04. The Morgan fingerprint density at radius 2 is 1.83 bits per heavy atom. The summed E-state index contributed by atoms with van der Waals surface area (Å²) in [5.74, 6) is 2.01. The lowest BCUT2D eigenvalue weighted by Crippen LogP contribution is -2.53. The van der Waals surface area contributed by atoms with Crippen molar-refractivity contribution in [2.75, 3.05) is 32.5 Å². The van der Waals surface area contributed by atoms with Crippen molar-refractivity contribution in [1.29, 1.82) is 0 Å². The summed E-state index contributed by atoms with van der Waals surface area (Å²) in [5.41, 5.74) is 0.699. The first kappa shape index (κ1) is 17.1. The first-order valence-corrected chi connectivity index (χ1v) is 9.46. The zero-order valence-electron chi connectivity index (χ0n) is 14.3. The maximum absolute atomic E-state index is 13.0. The van der Waals surface area contributed by atoms with Gasteiger partial charge in [-0.25, -0.2) is 0 Å². The minimum atomic E-state index is -0.151. The number of carbonyl (C=O) groups is 2. The van der Waals surface area contributed by atoms with E-state index in [0.29, 0.717) is 12.0 Å². The number of methoxy groups -OCH3 is 1. The molecule has 0 radical (unpaired) electrons. The van der Waals surface area contributed by atoms with E-state index in [1.165, 1.54) is 0 Å². The topological polar surface area (TPSA) is 49.9 Å². The van der Waals surface area contributed by atoms with Gasteiger partial charge in [0, 0.05) is 37.4 Å². The molecule has 2 aliphatic rings. The van der Waals surface area contributed by atoms with E-state index in [1.807, 2.05) is 52.8 Å². The van der Waals surface area contributed by atoms with Crippen LogP contribution in [0.3, 0.4) is 0 Å². The van der Waals surface area contributed by atoms with Crippen LogP contribution in [0.15, 0.2) is 24.3 Å². The van der Waals surface area contributed by atoms with Crippen LogP contribution in [0.1, 0.15) is 36.5 Å². The van der Waals surface area contributed by atoms with Gasteiger partial charge in [0.15, 0.2) is 0 Å². The molecule has 6 heteroatoms. The van der Waals surface area contributed by atoms with Crippen molar-refractivity contribution in [1.82, 2.24) is 9.80 Å². The third kappa shape index (κ3) is 3.11. The molecular formula is C18H24N2O3S. The van der Waals surface area contributed by atoms with Crippen molar-refractivity contribution < 1.29 is 14.3 Å². The van der Waals surface area contributed by atoms with Gasteiger partial charge < -0.3 is 14.5 Å². The summed E-state index contributed by atoms with van der Waals surface area (Å²) < 4.78 is 5.16. The fourth-order valence-electron chi connectivity index (χ4n) is 3.53. The lowest BCUT2D eigenvalue weighted by molar-refractivity contribution is -0.132. The second-order valence-corrected chi connectivity index (χ2v) is 7.67. The molecule has 2 aliphatic heterocycles. The zero-order valence-corrected chi connectivity index (χ0v) is 15.1. The van der Waals surface area contributed by atoms with Gasteiger partial charge in [-0.1, -0.05) is 6.92 Å². The van der Waals surface area contributed by atoms with E-state index in [9.17, 15) is 9.59 Å². The van der Waals surface area contributed by atoms with Crippen molar-refractivity contribution in [3.8, 4) is 5.75 Å². The Hall–Kier alpha value is -1.69. The Bertz CT molecular complexity index is 609. The van der Waals surface area contributed by atoms with E-state index in [2.05, 4.69) is 0 Å². The number of ether oxygens (including phenoxy) is 1. The Morgan fingerprint density at radius 3 is 2.42 bits per heavy atom. The molecule has 0 aliphatic carbocycles. The van der Waals surface area contributed by atoms with Crippen LogP contribution < -0.4 is 4.74 Å². The van der Waals surface area contributed by atoms with E-state index in [-0.39, 0.29) is 16.7 Å². The standard InChI is InChI=1S/C18H24N2O3S/c1-3-16(21)19-10-8-18(9-11-19)20(12-13-24-18)17(22)14-4-6-15(23-2)7-5-14/h4-7H,3,8-13H2,1-2H3. The molecule has 1 aromatic carbocycles. The highest BCUT2D eigenvalue weighted by atomic mass is 32.2. The van der Waals surface area contributed by atoms with Crippen LogP contribution in [-0.4, -0.2) is 59.0 Å². The summed E-state index contributed by atoms with van der Waals surface area (Å²) in [5, 5.41) is 0. The Balaban J connectivity index is 1.73. The van der Waals surface area contributed by atoms with E-state index in [4.69, 9.17) is 4.74 Å². The number of hydrogen-bond acceptors (Lipinski definition) is 4. The van der Waals surface area contributed by atoms with Gasteiger partial charge in [0.25, 0.3) is 5.91 Å². The number of thioether (sulfide) groups is 1. The summed E-state index contributed by atoms with van der Waals surface area (Å²) in [6, 6.07) is 7.30. The number of amides is 2. The molecule has 1 aromatic rings. The van der Waals surface area contributed by atoms with Crippen molar-refractivity contribution in [3.05, 3.63) is 29.8 Å². The lowest BCUT2D eigenvalue weighted by atomic mass is 10.0. The van der Waals surface area contributed by atoms with Gasteiger partial charge in [0.05, 0.1) is 12.0 Å². The Morgan fingerprint density at radius 1 is 1.17 bits per heavy atom. The summed E-state index contributed by atoms with van der Waals surface area (Å²) in [7, 11) is 1.62. The van der Waals surface area contributed by atoms with Crippen LogP contribution in [0, 0.1) is 0 Å². The van der Waals surface area contributed by atoms with Crippen LogP contribution >= 0.6 is 11.8 Å². The molecule has 0 atom stereocenters. The second kappa shape index (κ2) is 7.05. The highest BCUT2D eigenvalue weighted by Gasteiger charge is 2.46. The number of likely N-dealkylation sites (tertiary alicyclic amines) is 1. The fourth-order valence-corrected chi connectivity index (χ4v) is 4.98. The maximum Gasteiger partial charge on any atom is 0.255 e. The first-order chi connectivity index (χ1) is 11.6. The van der Waals surface area contributed by atoms with Crippen LogP contribution in [0.4, 0.5) is 0 Å². The maximum atomic E-state index is 13.0. The predicted octanol–water partition coefficient (Wildman–Crippen LogP) is 2.61. The molecule has 0 saturated carbocycles. The lowest BCUT2D eigenvalue weighted by Gasteiger charge is -2.44. The Labute approximate surface area is 147 Å². The molecule has 2 heterocycles. The molecule has 2 saturated heterocycles. The van der Waals surface area contributed by atoms with Gasteiger partial charge in [-0.3, -0.25) is 9.59 Å². The summed E-state index contributed by atoms with van der Waals surface area (Å²) >= 11 is 1.87. The first-order valence-electron chi connectivity index (χ1n) is 8.47. The van der Waals surface area contributed by atoms with E-state index in [0.717, 1.165) is 44.0 Å². The molecule has 0 N–H and O–H groups in total. The monoisotopic (exact) mass is 348 g/mol. The third-order valence-electron chi connectivity index (χ3n) is 4.96. The van der Waals surface area contributed by atoms with Gasteiger partial charge in [-0.15, -0.1) is 11.8 Å². The normalized spacial score (nSPS) is 19.6. The molecule has 24 heavy (non-hydrogen) atoms. The van der Waals surface area contributed by atoms with Gasteiger partial charge in [0.2, 0.25) is 5.91 Å². The highest BCUT2D eigenvalue weighted by Crippen LogP contribution is 2.44. The number of benzene rings is 1. The second-order valence-electron chi connectivity index (χ2n) is 6.21. The number of carbonyl (C=O) groups excluding carboxylic acids is 2. The van der Waals surface area contributed by atoms with Crippen LogP contribution in [0.25, 0.3) is 0 Å². The highest BCUT2D eigenvalue weighted by molar-refractivity contribution is 8.00. The van der Waals surface area contributed by atoms with Crippen molar-refractivity contribution >= 4 is 23.6 Å². The van der Waals surface area contributed by atoms with E-state index in [1.54, 1.807) is 7.11 Å². The van der Waals surface area contributed by atoms with E-state index >= 15 is 0 Å². The summed E-state index contributed by atoms with van der Waals surface area (Å²) in [4.78, 5) is 28.7. The molecule has 0 aromatic heterocycles. The SMILES string of the molecule is CCC(=O)N1CCC2(CC1)SCCN2C(=O)c1ccc(OC)cc1. The largest absolute Gasteiger partial charge is 0.497 e. The van der Waals surface area contributed by atoms with Gasteiger partial charge >= 0.3 is 0 Å². The fraction of sp³-hybridized carbons (Fsp3) is 0.556. The van der Waals surface area contributed by atoms with Gasteiger partial charge in [-0.05, 0) is 37.1 Å². The molecule has 1 spiro atoms. The van der Waals surface area contributed by atoms with Crippen LogP contribution in [0.5, 0.6) is 5.75 Å². The van der Waals surface area contributed by atoms with Crippen molar-refractivity contribution in [2.24, 2.45) is 0 Å². The van der Waals surface area contributed by atoms with Crippen molar-refractivity contribution in [3.63, 3.8) is 0 Å².